The summed E-state index contributed by atoms with van der Waals surface area (Å²) in [5.74, 6) is 0. The lowest BCUT2D eigenvalue weighted by Gasteiger charge is -1.94. The maximum Gasteiger partial charge on any atom is 0.291 e. The van der Waals surface area contributed by atoms with E-state index in [1.54, 1.807) is 0 Å². The maximum atomic E-state index is 9.64. The van der Waals surface area contributed by atoms with Gasteiger partial charge in [0.05, 0.1) is 0 Å². The van der Waals surface area contributed by atoms with Gasteiger partial charge in [-0.05, 0) is 13.3 Å². The van der Waals surface area contributed by atoms with E-state index in [4.69, 9.17) is 14.8 Å². The van der Waals surface area contributed by atoms with Crippen LogP contribution in [0.3, 0.4) is 0 Å². The lowest BCUT2D eigenvalue weighted by Crippen LogP contribution is -2.14. The molecule has 3 N–H and O–H groups in total. The molecule has 1 atom stereocenters. The van der Waals surface area contributed by atoms with Gasteiger partial charge in [0.2, 0.25) is 0 Å². The third kappa shape index (κ3) is 14.4. The van der Waals surface area contributed by atoms with Gasteiger partial charge in [-0.15, -0.1) is 0 Å². The second-order valence-corrected chi connectivity index (χ2v) is 4.61. The Kier molecular flexibility index (Phi) is 10.9. The van der Waals surface area contributed by atoms with Crippen molar-refractivity contribution in [3.8, 4) is 0 Å². The Hall–Kier alpha value is -0.170. The van der Waals surface area contributed by atoms with E-state index >= 15 is 0 Å². The molecule has 0 radical (unpaired) electrons. The molecule has 0 aliphatic rings. The third-order valence-corrected chi connectivity index (χ3v) is 2.30. The Labute approximate surface area is 85.5 Å². The molecule has 0 amide bonds. The Morgan fingerprint density at radius 3 is 1.86 bits per heavy atom. The fourth-order valence-electron chi connectivity index (χ4n) is 0.539. The molecule has 0 fully saturated rings. The second kappa shape index (κ2) is 9.39. The van der Waals surface area contributed by atoms with Gasteiger partial charge < -0.3 is 10.2 Å². The van der Waals surface area contributed by atoms with E-state index in [0.29, 0.717) is 6.61 Å². The number of unbranched alkanes of at least 4 members (excludes halogenated alkanes) is 3. The molecule has 0 bridgehead atoms. The summed E-state index contributed by atoms with van der Waals surface area (Å²) in [4.78, 5) is 0. The number of aliphatic hydroxyl groups is 2. The molecule has 0 aromatic heterocycles. The van der Waals surface area contributed by atoms with E-state index in [2.05, 4.69) is 6.92 Å². The van der Waals surface area contributed by atoms with Crippen LogP contribution in [0.5, 0.6) is 0 Å². The van der Waals surface area contributed by atoms with Gasteiger partial charge in [0.15, 0.2) is 5.44 Å². The second-order valence-electron chi connectivity index (χ2n) is 2.90. The van der Waals surface area contributed by atoms with Crippen molar-refractivity contribution in [2.75, 3.05) is 6.61 Å². The average molecular weight is 228 g/mol. The van der Waals surface area contributed by atoms with Crippen LogP contribution in [-0.4, -0.2) is 35.2 Å². The Bertz CT molecular complexity index is 194. The van der Waals surface area contributed by atoms with Crippen molar-refractivity contribution in [1.29, 1.82) is 0 Å². The summed E-state index contributed by atoms with van der Waals surface area (Å²) in [6, 6.07) is 0. The van der Waals surface area contributed by atoms with Gasteiger partial charge in [0.1, 0.15) is 0 Å². The van der Waals surface area contributed by atoms with Crippen molar-refractivity contribution in [3.05, 3.63) is 0 Å². The fraction of sp³-hybridized carbons (Fsp3) is 1.00. The van der Waals surface area contributed by atoms with Crippen LogP contribution < -0.4 is 0 Å². The molecule has 5 nitrogen and oxygen atoms in total. The zero-order valence-electron chi connectivity index (χ0n) is 8.68. The molecule has 0 aliphatic carbocycles. The highest BCUT2D eigenvalue weighted by atomic mass is 32.2. The molecule has 6 heteroatoms. The first-order valence-corrected chi connectivity index (χ1v) is 6.11. The first-order chi connectivity index (χ1) is 6.36. The molecular weight excluding hydrogens is 208 g/mol. The van der Waals surface area contributed by atoms with Gasteiger partial charge in [-0.3, -0.25) is 4.55 Å². The average Bonchev–Trinajstić information content (AvgIpc) is 2.05. The van der Waals surface area contributed by atoms with Gasteiger partial charge in [0.25, 0.3) is 10.1 Å². The molecular formula is C8H20O5S. The van der Waals surface area contributed by atoms with Crippen molar-refractivity contribution in [2.45, 2.75) is 45.0 Å². The molecule has 88 valence electrons. The molecule has 0 spiro atoms. The van der Waals surface area contributed by atoms with Crippen molar-refractivity contribution < 1.29 is 23.2 Å². The lowest BCUT2D eigenvalue weighted by atomic mass is 10.2. The number of hydrogen-bond acceptors (Lipinski definition) is 4. The first kappa shape index (κ1) is 16.3. The molecule has 14 heavy (non-hydrogen) atoms. The molecule has 1 unspecified atom stereocenters. The minimum Gasteiger partial charge on any atom is -0.396 e. The summed E-state index contributed by atoms with van der Waals surface area (Å²) < 4.78 is 27.1. The molecule has 0 saturated heterocycles. The Balaban J connectivity index is 0. The van der Waals surface area contributed by atoms with E-state index in [-0.39, 0.29) is 0 Å². The van der Waals surface area contributed by atoms with Crippen LogP contribution in [0.2, 0.25) is 0 Å². The monoisotopic (exact) mass is 228 g/mol. The van der Waals surface area contributed by atoms with E-state index in [0.717, 1.165) is 13.3 Å². The topological polar surface area (TPSA) is 94.8 Å². The standard InChI is InChI=1S/C6H14O.C2H6O4S/c1-2-3-4-5-6-7;1-2(3)7(4,5)6/h7H,2-6H2,1H3;2-3H,1H3,(H,4,5,6). The van der Waals surface area contributed by atoms with Crippen molar-refractivity contribution in [1.82, 2.24) is 0 Å². The summed E-state index contributed by atoms with van der Waals surface area (Å²) in [5, 5.41) is 16.3. The SMILES string of the molecule is CC(O)S(=O)(=O)O.CCCCCCO. The predicted octanol–water partition coefficient (Wildman–Crippen LogP) is 0.771. The van der Waals surface area contributed by atoms with Crippen LogP contribution in [0.25, 0.3) is 0 Å². The van der Waals surface area contributed by atoms with Crippen molar-refractivity contribution in [3.63, 3.8) is 0 Å². The van der Waals surface area contributed by atoms with E-state index < -0.39 is 15.6 Å². The summed E-state index contributed by atoms with van der Waals surface area (Å²) in [7, 11) is -4.19. The summed E-state index contributed by atoms with van der Waals surface area (Å²) >= 11 is 0. The van der Waals surface area contributed by atoms with Gasteiger partial charge >= 0.3 is 0 Å². The highest BCUT2D eigenvalue weighted by Crippen LogP contribution is 1.96. The molecule has 0 heterocycles. The fourth-order valence-corrected chi connectivity index (χ4v) is 0.539. The minimum absolute atomic E-state index is 0.361. The highest BCUT2D eigenvalue weighted by Gasteiger charge is 2.10. The van der Waals surface area contributed by atoms with Gasteiger partial charge in [0, 0.05) is 6.61 Å². The molecule has 0 rings (SSSR count). The normalized spacial score (nSPS) is 12.9. The minimum atomic E-state index is -4.19. The van der Waals surface area contributed by atoms with Crippen molar-refractivity contribution >= 4 is 10.1 Å². The Morgan fingerprint density at radius 1 is 1.21 bits per heavy atom. The number of hydrogen-bond donors (Lipinski definition) is 3. The first-order valence-electron chi connectivity index (χ1n) is 4.61. The summed E-state index contributed by atoms with van der Waals surface area (Å²) in [6.07, 6.45) is 4.68. The quantitative estimate of drug-likeness (QED) is 0.477. The van der Waals surface area contributed by atoms with Crippen LogP contribution in [0, 0.1) is 0 Å². The van der Waals surface area contributed by atoms with Gasteiger partial charge in [-0.1, -0.05) is 26.2 Å². The van der Waals surface area contributed by atoms with E-state index in [1.807, 2.05) is 0 Å². The van der Waals surface area contributed by atoms with E-state index in [1.165, 1.54) is 19.3 Å². The largest absolute Gasteiger partial charge is 0.396 e. The zero-order valence-corrected chi connectivity index (χ0v) is 9.50. The molecule has 0 aromatic carbocycles. The number of rotatable bonds is 5. The van der Waals surface area contributed by atoms with Crippen molar-refractivity contribution in [2.24, 2.45) is 0 Å². The zero-order chi connectivity index (χ0) is 11.6. The summed E-state index contributed by atoms with van der Waals surface area (Å²) in [5.41, 5.74) is -1.67. The predicted molar refractivity (Wildman–Crippen MR) is 54.5 cm³/mol. The highest BCUT2D eigenvalue weighted by molar-refractivity contribution is 7.86. The smallest absolute Gasteiger partial charge is 0.291 e. The van der Waals surface area contributed by atoms with Gasteiger partial charge in [-0.25, -0.2) is 0 Å². The molecule has 0 aliphatic heterocycles. The van der Waals surface area contributed by atoms with Crippen LogP contribution >= 0.6 is 0 Å². The van der Waals surface area contributed by atoms with Crippen LogP contribution in [0.15, 0.2) is 0 Å². The van der Waals surface area contributed by atoms with Crippen LogP contribution in [-0.2, 0) is 10.1 Å². The van der Waals surface area contributed by atoms with Crippen LogP contribution in [0.1, 0.15) is 39.5 Å². The maximum absolute atomic E-state index is 9.64. The number of aliphatic hydroxyl groups excluding tert-OH is 2. The lowest BCUT2D eigenvalue weighted by molar-refractivity contribution is 0.252. The van der Waals surface area contributed by atoms with E-state index in [9.17, 15) is 8.42 Å². The van der Waals surface area contributed by atoms with Crippen LogP contribution in [0.4, 0.5) is 0 Å². The third-order valence-electron chi connectivity index (χ3n) is 1.44. The summed E-state index contributed by atoms with van der Waals surface area (Å²) in [6.45, 7) is 3.49. The van der Waals surface area contributed by atoms with Gasteiger partial charge in [-0.2, -0.15) is 8.42 Å². The molecule has 0 aromatic rings. The Morgan fingerprint density at radius 2 is 1.64 bits per heavy atom. The molecule has 0 saturated carbocycles.